The van der Waals surface area contributed by atoms with Gasteiger partial charge in [-0.2, -0.15) is 0 Å². The molecule has 1 fully saturated rings. The number of hydrogen-bond donors (Lipinski definition) is 5. The normalized spacial score (nSPS) is 20.1. The molecule has 0 radical (unpaired) electrons. The fraction of sp³-hybridized carbons (Fsp3) is 0.357. The zero-order valence-electron chi connectivity index (χ0n) is 37.3. The van der Waals surface area contributed by atoms with Crippen molar-refractivity contribution in [1.82, 2.24) is 9.88 Å². The van der Waals surface area contributed by atoms with Gasteiger partial charge in [-0.15, -0.1) is 0 Å². The maximum absolute atomic E-state index is 11.5. The van der Waals surface area contributed by atoms with E-state index in [0.29, 0.717) is 57.0 Å². The summed E-state index contributed by atoms with van der Waals surface area (Å²) in [5.74, 6) is 1.72. The lowest BCUT2D eigenvalue weighted by molar-refractivity contribution is 0.0171. The van der Waals surface area contributed by atoms with Gasteiger partial charge in [-0.05, 0) is 121 Å². The number of nitrogens with two attached hydrogens (primary N) is 1. The van der Waals surface area contributed by atoms with Crippen LogP contribution in [-0.4, -0.2) is 58.1 Å². The van der Waals surface area contributed by atoms with Gasteiger partial charge in [0, 0.05) is 53.8 Å². The highest BCUT2D eigenvalue weighted by molar-refractivity contribution is 5.88. The van der Waals surface area contributed by atoms with Crippen LogP contribution in [0.3, 0.4) is 0 Å². The van der Waals surface area contributed by atoms with E-state index in [1.54, 1.807) is 6.07 Å². The van der Waals surface area contributed by atoms with Crippen LogP contribution in [0.5, 0.6) is 17.2 Å². The second-order valence-electron chi connectivity index (χ2n) is 18.3. The number of dihydropyridines is 1. The summed E-state index contributed by atoms with van der Waals surface area (Å²) in [6, 6.07) is 37.2. The number of phenolic OH excluding ortho intramolecular Hbond substituents is 2. The highest BCUT2D eigenvalue weighted by atomic mass is 16.5. The van der Waals surface area contributed by atoms with Gasteiger partial charge in [0.2, 0.25) is 0 Å². The van der Waals surface area contributed by atoms with E-state index in [9.17, 15) is 15.3 Å². The number of fused-ring (bicyclic) bond motifs is 4. The Morgan fingerprint density at radius 1 is 0.769 bits per heavy atom. The summed E-state index contributed by atoms with van der Waals surface area (Å²) in [4.78, 5) is 0. The Morgan fingerprint density at radius 2 is 1.55 bits per heavy atom. The second-order valence-corrected chi connectivity index (χ2v) is 18.3. The molecule has 6 aromatic rings. The van der Waals surface area contributed by atoms with Crippen molar-refractivity contribution in [3.8, 4) is 17.2 Å². The van der Waals surface area contributed by atoms with Crippen molar-refractivity contribution in [3.05, 3.63) is 178 Å². The molecule has 9 nitrogen and oxygen atoms in total. The monoisotopic (exact) mass is 873 g/mol. The molecule has 3 aliphatic heterocycles. The summed E-state index contributed by atoms with van der Waals surface area (Å²) < 4.78 is 21.4. The van der Waals surface area contributed by atoms with Crippen LogP contribution >= 0.6 is 0 Å². The third-order valence-corrected chi connectivity index (χ3v) is 13.7. The number of ether oxygens (including phenoxy) is 3. The Bertz CT molecular complexity index is 2600. The summed E-state index contributed by atoms with van der Waals surface area (Å²) >= 11 is 0. The maximum Gasteiger partial charge on any atom is 0.161 e. The Hall–Kier alpha value is -5.84. The Balaban J connectivity index is 0.962. The van der Waals surface area contributed by atoms with E-state index in [0.717, 1.165) is 90.2 Å². The van der Waals surface area contributed by atoms with Crippen molar-refractivity contribution in [2.45, 2.75) is 107 Å². The van der Waals surface area contributed by atoms with Gasteiger partial charge < -0.3 is 45.1 Å². The lowest BCUT2D eigenvalue weighted by atomic mass is 9.68. The lowest BCUT2D eigenvalue weighted by Crippen LogP contribution is -2.38. The summed E-state index contributed by atoms with van der Waals surface area (Å²) in [6.45, 7) is 1.98. The summed E-state index contributed by atoms with van der Waals surface area (Å²) in [7, 11) is 0. The van der Waals surface area contributed by atoms with E-state index in [4.69, 9.17) is 19.9 Å². The molecule has 1 aromatic heterocycles. The van der Waals surface area contributed by atoms with Crippen LogP contribution < -0.4 is 15.8 Å². The number of aliphatic hydroxyl groups is 1. The van der Waals surface area contributed by atoms with Crippen LogP contribution in [-0.2, 0) is 40.8 Å². The molecule has 3 aliphatic rings. The minimum Gasteiger partial charge on any atom is -0.508 e. The molecular weight excluding hydrogens is 811 g/mol. The van der Waals surface area contributed by atoms with Crippen LogP contribution in [0.1, 0.15) is 96.7 Å². The number of benzene rings is 5. The van der Waals surface area contributed by atoms with Gasteiger partial charge in [0.15, 0.2) is 11.5 Å². The predicted octanol–water partition coefficient (Wildman–Crippen LogP) is 10.2. The van der Waals surface area contributed by atoms with Crippen molar-refractivity contribution in [2.24, 2.45) is 5.73 Å². The van der Waals surface area contributed by atoms with E-state index in [1.807, 2.05) is 48.5 Å². The highest BCUT2D eigenvalue weighted by Crippen LogP contribution is 2.44. The van der Waals surface area contributed by atoms with E-state index in [-0.39, 0.29) is 30.0 Å². The van der Waals surface area contributed by atoms with Gasteiger partial charge in [-0.25, -0.2) is 0 Å². The number of nitrogens with zero attached hydrogens (tertiary/aromatic N) is 1. The molecule has 65 heavy (non-hydrogen) atoms. The largest absolute Gasteiger partial charge is 0.508 e. The van der Waals surface area contributed by atoms with Crippen molar-refractivity contribution in [2.75, 3.05) is 19.8 Å². The first kappa shape index (κ1) is 44.4. The zero-order chi connectivity index (χ0) is 44.6. The fourth-order valence-electron chi connectivity index (χ4n) is 10.1. The average molecular weight is 874 g/mol. The van der Waals surface area contributed by atoms with Gasteiger partial charge in [-0.1, -0.05) is 110 Å². The van der Waals surface area contributed by atoms with Crippen LogP contribution in [0.25, 0.3) is 16.6 Å². The molecule has 0 spiro atoms. The van der Waals surface area contributed by atoms with E-state index in [1.165, 1.54) is 22.3 Å². The number of phenols is 2. The van der Waals surface area contributed by atoms with Crippen LogP contribution in [0, 0.1) is 0 Å². The molecule has 9 heteroatoms. The molecular formula is C56H63N3O6. The molecule has 1 saturated heterocycles. The molecule has 0 aliphatic carbocycles. The van der Waals surface area contributed by atoms with Crippen LogP contribution in [0.15, 0.2) is 139 Å². The summed E-state index contributed by atoms with van der Waals surface area (Å²) in [5, 5.41) is 38.7. The first-order valence-corrected chi connectivity index (χ1v) is 23.6. The van der Waals surface area contributed by atoms with Gasteiger partial charge in [0.05, 0.1) is 25.0 Å². The molecule has 0 saturated carbocycles. The molecule has 4 heterocycles. The van der Waals surface area contributed by atoms with Crippen molar-refractivity contribution >= 4 is 16.6 Å². The fourth-order valence-corrected chi connectivity index (χ4v) is 10.1. The van der Waals surface area contributed by atoms with Gasteiger partial charge in [-0.3, -0.25) is 0 Å². The molecule has 4 bridgehead atoms. The summed E-state index contributed by atoms with van der Waals surface area (Å²) in [6.07, 6.45) is 17.4. The smallest absolute Gasteiger partial charge is 0.161 e. The Labute approximate surface area is 383 Å². The molecule has 9 rings (SSSR count). The van der Waals surface area contributed by atoms with Crippen molar-refractivity contribution in [3.63, 3.8) is 0 Å². The molecule has 338 valence electrons. The highest BCUT2D eigenvalue weighted by Gasteiger charge is 2.37. The van der Waals surface area contributed by atoms with Gasteiger partial charge >= 0.3 is 0 Å². The number of aryl methyl sites for hydroxylation is 2. The standard InChI is InChI=1S/C56H63N3O6/c57-54-24-20-42-37-64-49(16-10-2-1-5-13-40-18-22-51(61)43(30-40)29-39-11-6-3-7-12-39)34-48(60)21-17-41-19-23-52(62)53(31-41)65-38-45-33-47(32-44-35-59(36-50(44)45)55(42)58-54)56(25-27-63-28-26-56)46-14-8-4-9-15-46/h3-4,6-9,11-12,14-15,18-20,22-24,30-33,35-36,48-49,54,58,60-62H,1-2,5,10,13,16-17,21,25-29,34,37-38,57H2. The topological polar surface area (TPSA) is 131 Å². The quantitative estimate of drug-likeness (QED) is 0.0814. The van der Waals surface area contributed by atoms with Gasteiger partial charge in [0.25, 0.3) is 0 Å². The van der Waals surface area contributed by atoms with Gasteiger partial charge in [0.1, 0.15) is 18.2 Å². The summed E-state index contributed by atoms with van der Waals surface area (Å²) in [5.41, 5.74) is 15.2. The van der Waals surface area contributed by atoms with E-state index in [2.05, 4.69) is 89.0 Å². The Kier molecular flexibility index (Phi) is 14.0. The average Bonchev–Trinajstić information content (AvgIpc) is 3.77. The molecule has 3 unspecified atom stereocenters. The number of nitrogens with one attached hydrogen (secondary N) is 1. The predicted molar refractivity (Wildman–Crippen MR) is 258 cm³/mol. The molecule has 3 atom stereocenters. The van der Waals surface area contributed by atoms with Crippen molar-refractivity contribution < 1.29 is 29.5 Å². The first-order chi connectivity index (χ1) is 31.8. The zero-order valence-corrected chi connectivity index (χ0v) is 37.3. The van der Waals surface area contributed by atoms with Crippen LogP contribution in [0.2, 0.25) is 0 Å². The number of hydrogen-bond acceptors (Lipinski definition) is 8. The third-order valence-electron chi connectivity index (χ3n) is 13.7. The first-order valence-electron chi connectivity index (χ1n) is 23.6. The maximum atomic E-state index is 11.5. The molecule has 6 N–H and O–H groups in total. The van der Waals surface area contributed by atoms with E-state index < -0.39 is 6.10 Å². The number of aromatic nitrogens is 1. The number of unbranched alkanes of at least 4 members (excludes halogenated alkanes) is 3. The van der Waals surface area contributed by atoms with Crippen molar-refractivity contribution in [1.29, 1.82) is 0 Å². The SMILES string of the molecule is NC1C=CC2=C(N1)n1cc3cc(C4(c5ccccc5)CCOCC4)cc(c3c1)COc1cc(ccc1O)CCC(O)CC(CCCCCCc1ccc(O)c(Cc3ccccc3)c1)OC2. The molecule has 0 amide bonds. The number of aliphatic hydroxyl groups excluding tert-OH is 1. The van der Waals surface area contributed by atoms with Crippen LogP contribution in [0.4, 0.5) is 0 Å². The minimum absolute atomic E-state index is 0.0881. The van der Waals surface area contributed by atoms with E-state index >= 15 is 0 Å². The second kappa shape index (κ2) is 20.6. The lowest BCUT2D eigenvalue weighted by Gasteiger charge is -2.39. The number of rotatable bonds is 11. The minimum atomic E-state index is -0.566. The number of aromatic hydroxyl groups is 2. The third kappa shape index (κ3) is 10.7. The Morgan fingerprint density at radius 3 is 2.38 bits per heavy atom. The molecule has 5 aromatic carbocycles.